The molecule has 84 valence electrons. The normalized spacial score (nSPS) is 12.7. The maximum absolute atomic E-state index is 12.6. The fourth-order valence-electron chi connectivity index (χ4n) is 1.19. The van der Waals surface area contributed by atoms with Gasteiger partial charge < -0.3 is 10.4 Å². The van der Waals surface area contributed by atoms with Gasteiger partial charge in [0, 0.05) is 16.7 Å². The third-order valence-electron chi connectivity index (χ3n) is 1.98. The highest BCUT2D eigenvalue weighted by Crippen LogP contribution is 2.18. The van der Waals surface area contributed by atoms with E-state index in [9.17, 15) is 4.39 Å². The molecule has 0 aromatic heterocycles. The summed E-state index contributed by atoms with van der Waals surface area (Å²) in [5.41, 5.74) is 0. The Morgan fingerprint density at radius 3 is 2.60 bits per heavy atom. The number of halogens is 1. The van der Waals surface area contributed by atoms with Gasteiger partial charge in [0.05, 0.1) is 6.61 Å². The zero-order valence-corrected chi connectivity index (χ0v) is 9.56. The number of hydrogen-bond acceptors (Lipinski definition) is 3. The number of nitrogens with one attached hydrogen (secondary N) is 1. The minimum absolute atomic E-state index is 0.102. The van der Waals surface area contributed by atoms with Crippen molar-refractivity contribution in [1.29, 1.82) is 0 Å². The van der Waals surface area contributed by atoms with Crippen molar-refractivity contribution < 1.29 is 9.50 Å². The maximum Gasteiger partial charge on any atom is 0.123 e. The van der Waals surface area contributed by atoms with E-state index < -0.39 is 0 Å². The molecule has 0 fully saturated rings. The first-order chi connectivity index (χ1) is 7.26. The molecule has 0 saturated carbocycles. The monoisotopic (exact) mass is 229 g/mol. The summed E-state index contributed by atoms with van der Waals surface area (Å²) in [5.74, 6) is 0.570. The zero-order chi connectivity index (χ0) is 11.1. The largest absolute Gasteiger partial charge is 0.395 e. The standard InChI is InChI=1S/C11H16FNOS/c1-2-13-10(7-14)8-15-11-5-3-9(12)4-6-11/h3-6,10,13-14H,2,7-8H2,1H3. The van der Waals surface area contributed by atoms with Gasteiger partial charge in [0.2, 0.25) is 0 Å². The second-order valence-corrected chi connectivity index (χ2v) is 4.30. The molecule has 1 atom stereocenters. The molecule has 1 rings (SSSR count). The summed E-state index contributed by atoms with van der Waals surface area (Å²) in [4.78, 5) is 1.02. The maximum atomic E-state index is 12.6. The molecule has 15 heavy (non-hydrogen) atoms. The van der Waals surface area contributed by atoms with Gasteiger partial charge in [-0.1, -0.05) is 6.92 Å². The number of rotatable bonds is 6. The van der Waals surface area contributed by atoms with E-state index in [1.165, 1.54) is 12.1 Å². The highest BCUT2D eigenvalue weighted by molar-refractivity contribution is 7.99. The Hall–Kier alpha value is -0.580. The molecule has 0 saturated heterocycles. The molecule has 1 aromatic rings. The SMILES string of the molecule is CCNC(CO)CSc1ccc(F)cc1. The topological polar surface area (TPSA) is 32.3 Å². The second kappa shape index (κ2) is 6.82. The number of hydrogen-bond donors (Lipinski definition) is 2. The molecule has 0 bridgehead atoms. The van der Waals surface area contributed by atoms with Crippen LogP contribution in [0.15, 0.2) is 29.2 Å². The van der Waals surface area contributed by atoms with Crippen LogP contribution in [0.1, 0.15) is 6.92 Å². The van der Waals surface area contributed by atoms with Crippen LogP contribution in [0.4, 0.5) is 4.39 Å². The van der Waals surface area contributed by atoms with Crippen molar-refractivity contribution in [2.45, 2.75) is 17.9 Å². The molecule has 0 radical (unpaired) electrons. The number of benzene rings is 1. The van der Waals surface area contributed by atoms with Crippen molar-refractivity contribution in [2.75, 3.05) is 18.9 Å². The molecule has 0 aliphatic rings. The Morgan fingerprint density at radius 1 is 1.40 bits per heavy atom. The molecular formula is C11H16FNOS. The first-order valence-electron chi connectivity index (χ1n) is 4.99. The molecule has 0 aliphatic carbocycles. The summed E-state index contributed by atoms with van der Waals surface area (Å²) >= 11 is 1.61. The Kier molecular flexibility index (Phi) is 5.68. The van der Waals surface area contributed by atoms with Crippen LogP contribution in [0.5, 0.6) is 0 Å². The summed E-state index contributed by atoms with van der Waals surface area (Å²) in [7, 11) is 0. The molecule has 0 amide bonds. The van der Waals surface area contributed by atoms with Crippen LogP contribution >= 0.6 is 11.8 Å². The predicted octanol–water partition coefficient (Wildman–Crippen LogP) is 1.89. The Labute approximate surface area is 93.9 Å². The van der Waals surface area contributed by atoms with Gasteiger partial charge in [-0.25, -0.2) is 4.39 Å². The Morgan fingerprint density at radius 2 is 2.07 bits per heavy atom. The molecule has 0 heterocycles. The number of likely N-dealkylation sites (N-methyl/N-ethyl adjacent to an activating group) is 1. The van der Waals surface area contributed by atoms with Gasteiger partial charge in [-0.15, -0.1) is 11.8 Å². The van der Waals surface area contributed by atoms with Crippen LogP contribution in [0.3, 0.4) is 0 Å². The van der Waals surface area contributed by atoms with E-state index in [4.69, 9.17) is 5.11 Å². The van der Waals surface area contributed by atoms with Crippen molar-refractivity contribution in [3.05, 3.63) is 30.1 Å². The summed E-state index contributed by atoms with van der Waals surface area (Å²) in [6.07, 6.45) is 0. The van der Waals surface area contributed by atoms with Gasteiger partial charge >= 0.3 is 0 Å². The van der Waals surface area contributed by atoms with E-state index in [1.807, 2.05) is 6.92 Å². The van der Waals surface area contributed by atoms with E-state index in [2.05, 4.69) is 5.32 Å². The summed E-state index contributed by atoms with van der Waals surface area (Å²) in [6, 6.07) is 6.50. The minimum atomic E-state index is -0.218. The highest BCUT2D eigenvalue weighted by Gasteiger charge is 2.05. The van der Waals surface area contributed by atoms with Gasteiger partial charge in [-0.2, -0.15) is 0 Å². The number of thioether (sulfide) groups is 1. The average Bonchev–Trinajstić information content (AvgIpc) is 2.26. The van der Waals surface area contributed by atoms with E-state index in [-0.39, 0.29) is 18.5 Å². The lowest BCUT2D eigenvalue weighted by molar-refractivity contribution is 0.255. The van der Waals surface area contributed by atoms with Crippen molar-refractivity contribution in [3.8, 4) is 0 Å². The van der Waals surface area contributed by atoms with Crippen LogP contribution < -0.4 is 5.32 Å². The average molecular weight is 229 g/mol. The predicted molar refractivity (Wildman–Crippen MR) is 61.7 cm³/mol. The van der Waals surface area contributed by atoms with Gasteiger partial charge in [0.15, 0.2) is 0 Å². The first kappa shape index (κ1) is 12.5. The fourth-order valence-corrected chi connectivity index (χ4v) is 2.14. The van der Waals surface area contributed by atoms with Crippen molar-refractivity contribution in [2.24, 2.45) is 0 Å². The molecule has 0 aliphatic heterocycles. The highest BCUT2D eigenvalue weighted by atomic mass is 32.2. The Bertz CT molecular complexity index is 278. The van der Waals surface area contributed by atoms with Crippen LogP contribution in [-0.4, -0.2) is 30.1 Å². The lowest BCUT2D eigenvalue weighted by atomic mass is 10.3. The Balaban J connectivity index is 2.38. The number of aliphatic hydroxyl groups excluding tert-OH is 1. The fraction of sp³-hybridized carbons (Fsp3) is 0.455. The summed E-state index contributed by atoms with van der Waals surface area (Å²) in [6.45, 7) is 2.97. The third kappa shape index (κ3) is 4.64. The van der Waals surface area contributed by atoms with Gasteiger partial charge in [0.25, 0.3) is 0 Å². The molecule has 1 aromatic carbocycles. The quantitative estimate of drug-likeness (QED) is 0.731. The van der Waals surface area contributed by atoms with Crippen LogP contribution in [0.2, 0.25) is 0 Å². The molecule has 1 unspecified atom stereocenters. The van der Waals surface area contributed by atoms with Crippen LogP contribution in [-0.2, 0) is 0 Å². The van der Waals surface area contributed by atoms with E-state index >= 15 is 0 Å². The van der Waals surface area contributed by atoms with Gasteiger partial charge in [-0.3, -0.25) is 0 Å². The van der Waals surface area contributed by atoms with Gasteiger partial charge in [0.1, 0.15) is 5.82 Å². The van der Waals surface area contributed by atoms with Crippen molar-refractivity contribution in [1.82, 2.24) is 5.32 Å². The first-order valence-corrected chi connectivity index (χ1v) is 5.97. The molecule has 2 nitrogen and oxygen atoms in total. The zero-order valence-electron chi connectivity index (χ0n) is 8.74. The molecule has 0 spiro atoms. The summed E-state index contributed by atoms with van der Waals surface area (Å²) in [5, 5.41) is 12.2. The van der Waals surface area contributed by atoms with Crippen LogP contribution in [0, 0.1) is 5.82 Å². The molecule has 2 N–H and O–H groups in total. The van der Waals surface area contributed by atoms with Crippen molar-refractivity contribution in [3.63, 3.8) is 0 Å². The molecule has 4 heteroatoms. The van der Waals surface area contributed by atoms with Crippen LogP contribution in [0.25, 0.3) is 0 Å². The third-order valence-corrected chi connectivity index (χ3v) is 3.15. The van der Waals surface area contributed by atoms with E-state index in [0.29, 0.717) is 0 Å². The number of aliphatic hydroxyl groups is 1. The minimum Gasteiger partial charge on any atom is -0.395 e. The smallest absolute Gasteiger partial charge is 0.123 e. The van der Waals surface area contributed by atoms with E-state index in [0.717, 1.165) is 17.2 Å². The molecular weight excluding hydrogens is 213 g/mol. The lowest BCUT2D eigenvalue weighted by Crippen LogP contribution is -2.34. The second-order valence-electron chi connectivity index (χ2n) is 3.20. The van der Waals surface area contributed by atoms with Gasteiger partial charge in [-0.05, 0) is 30.8 Å². The lowest BCUT2D eigenvalue weighted by Gasteiger charge is -2.14. The van der Waals surface area contributed by atoms with Crippen molar-refractivity contribution >= 4 is 11.8 Å². The van der Waals surface area contributed by atoms with E-state index in [1.54, 1.807) is 23.9 Å². The summed E-state index contributed by atoms with van der Waals surface area (Å²) < 4.78 is 12.6.